The number of hydrogen-bond donors (Lipinski definition) is 1. The summed E-state index contributed by atoms with van der Waals surface area (Å²) in [6, 6.07) is 44.4. The first kappa shape index (κ1) is 18.7. The second kappa shape index (κ2) is 7.25. The van der Waals surface area contributed by atoms with E-state index in [0.29, 0.717) is 5.75 Å². The van der Waals surface area contributed by atoms with Crippen molar-refractivity contribution >= 4 is 0 Å². The molecule has 6 rings (SSSR count). The maximum atomic E-state index is 11.0. The van der Waals surface area contributed by atoms with Gasteiger partial charge < -0.3 is 5.11 Å². The molecular weight excluding hydrogens is 388 g/mol. The van der Waals surface area contributed by atoms with E-state index < -0.39 is 5.41 Å². The molecule has 0 aliphatic heterocycles. The monoisotopic (exact) mass is 410 g/mol. The van der Waals surface area contributed by atoms with Crippen LogP contribution in [0.2, 0.25) is 0 Å². The molecule has 1 nitrogen and oxygen atoms in total. The van der Waals surface area contributed by atoms with Gasteiger partial charge in [-0.3, -0.25) is 0 Å². The molecule has 0 radical (unpaired) electrons. The number of phenols is 1. The summed E-state index contributed by atoms with van der Waals surface area (Å²) in [6.45, 7) is 0. The maximum Gasteiger partial charge on any atom is 0.123 e. The fourth-order valence-electron chi connectivity index (χ4n) is 5.33. The fraction of sp³-hybridized carbons (Fsp3) is 0.0323. The van der Waals surface area contributed by atoms with E-state index in [2.05, 4.69) is 109 Å². The summed E-state index contributed by atoms with van der Waals surface area (Å²) in [5, 5.41) is 11.0. The van der Waals surface area contributed by atoms with E-state index in [1.165, 1.54) is 27.8 Å². The Morgan fingerprint density at radius 2 is 1.06 bits per heavy atom. The van der Waals surface area contributed by atoms with Crippen LogP contribution in [-0.2, 0) is 5.41 Å². The Balaban J connectivity index is 1.77. The molecule has 152 valence electrons. The zero-order chi connectivity index (χ0) is 21.5. The molecule has 5 aromatic carbocycles. The molecule has 5 aromatic rings. The van der Waals surface area contributed by atoms with Gasteiger partial charge in [0.05, 0.1) is 5.41 Å². The molecule has 0 saturated carbocycles. The number of hydrogen-bond acceptors (Lipinski definition) is 1. The summed E-state index contributed by atoms with van der Waals surface area (Å²) < 4.78 is 0. The van der Waals surface area contributed by atoms with Gasteiger partial charge in [-0.2, -0.15) is 0 Å². The summed E-state index contributed by atoms with van der Waals surface area (Å²) >= 11 is 0. The van der Waals surface area contributed by atoms with Crippen LogP contribution in [0.4, 0.5) is 0 Å². The highest BCUT2D eigenvalue weighted by Crippen LogP contribution is 2.58. The van der Waals surface area contributed by atoms with Gasteiger partial charge in [0.15, 0.2) is 0 Å². The van der Waals surface area contributed by atoms with Crippen LogP contribution in [0.1, 0.15) is 22.3 Å². The van der Waals surface area contributed by atoms with Crippen molar-refractivity contribution in [3.63, 3.8) is 0 Å². The van der Waals surface area contributed by atoms with E-state index in [4.69, 9.17) is 0 Å². The standard InChI is InChI=1S/C31H22O/c32-29-18-10-17-27-30(29)26-20-19-23(22-11-4-1-5-12-22)21-28(26)31(27,24-13-6-2-7-14-24)25-15-8-3-9-16-25/h1-21,32H. The van der Waals surface area contributed by atoms with Crippen LogP contribution in [0.3, 0.4) is 0 Å². The van der Waals surface area contributed by atoms with Crippen molar-refractivity contribution in [1.29, 1.82) is 0 Å². The minimum absolute atomic E-state index is 0.324. The molecule has 0 heterocycles. The van der Waals surface area contributed by atoms with Crippen molar-refractivity contribution in [2.45, 2.75) is 5.41 Å². The molecule has 0 atom stereocenters. The molecule has 0 unspecified atom stereocenters. The van der Waals surface area contributed by atoms with E-state index in [0.717, 1.165) is 16.7 Å². The molecule has 1 N–H and O–H groups in total. The van der Waals surface area contributed by atoms with Crippen molar-refractivity contribution in [2.24, 2.45) is 0 Å². The highest BCUT2D eigenvalue weighted by Gasteiger charge is 2.47. The molecule has 0 aromatic heterocycles. The predicted molar refractivity (Wildman–Crippen MR) is 131 cm³/mol. The van der Waals surface area contributed by atoms with Crippen LogP contribution < -0.4 is 0 Å². The first-order chi connectivity index (χ1) is 15.8. The largest absolute Gasteiger partial charge is 0.507 e. The lowest BCUT2D eigenvalue weighted by Crippen LogP contribution is -2.28. The zero-order valence-electron chi connectivity index (χ0n) is 17.6. The average molecular weight is 411 g/mol. The van der Waals surface area contributed by atoms with Crippen LogP contribution in [0.25, 0.3) is 22.3 Å². The number of rotatable bonds is 3. The zero-order valence-corrected chi connectivity index (χ0v) is 17.6. The van der Waals surface area contributed by atoms with E-state index in [9.17, 15) is 5.11 Å². The molecule has 0 amide bonds. The van der Waals surface area contributed by atoms with E-state index in [1.807, 2.05) is 12.1 Å². The Morgan fingerprint density at radius 1 is 0.469 bits per heavy atom. The highest BCUT2D eigenvalue weighted by molar-refractivity contribution is 5.91. The lowest BCUT2D eigenvalue weighted by molar-refractivity contribution is 0.477. The maximum absolute atomic E-state index is 11.0. The van der Waals surface area contributed by atoms with Crippen molar-refractivity contribution < 1.29 is 5.11 Å². The van der Waals surface area contributed by atoms with Crippen molar-refractivity contribution in [3.05, 3.63) is 150 Å². The smallest absolute Gasteiger partial charge is 0.123 e. The second-order valence-electron chi connectivity index (χ2n) is 8.31. The van der Waals surface area contributed by atoms with Crippen LogP contribution in [-0.4, -0.2) is 5.11 Å². The third-order valence-electron chi connectivity index (χ3n) is 6.66. The van der Waals surface area contributed by atoms with Gasteiger partial charge in [-0.05, 0) is 51.1 Å². The second-order valence-corrected chi connectivity index (χ2v) is 8.31. The number of aromatic hydroxyl groups is 1. The molecular formula is C31H22O. The molecule has 0 bridgehead atoms. The summed E-state index contributed by atoms with van der Waals surface area (Å²) in [6.07, 6.45) is 0. The van der Waals surface area contributed by atoms with Crippen molar-refractivity contribution in [3.8, 4) is 28.0 Å². The quantitative estimate of drug-likeness (QED) is 0.322. The van der Waals surface area contributed by atoms with Crippen LogP contribution >= 0.6 is 0 Å². The molecule has 32 heavy (non-hydrogen) atoms. The molecule has 0 saturated heterocycles. The van der Waals surface area contributed by atoms with E-state index in [-0.39, 0.29) is 0 Å². The van der Waals surface area contributed by atoms with Gasteiger partial charge in [-0.25, -0.2) is 0 Å². The first-order valence-electron chi connectivity index (χ1n) is 10.9. The van der Waals surface area contributed by atoms with Crippen LogP contribution in [0.15, 0.2) is 127 Å². The predicted octanol–water partition coefficient (Wildman–Crippen LogP) is 7.42. The molecule has 1 aliphatic carbocycles. The Bertz CT molecular complexity index is 1360. The SMILES string of the molecule is Oc1cccc2c1-c1ccc(-c3ccccc3)cc1C2(c1ccccc1)c1ccccc1. The summed E-state index contributed by atoms with van der Waals surface area (Å²) in [4.78, 5) is 0. The van der Waals surface area contributed by atoms with Gasteiger partial charge >= 0.3 is 0 Å². The van der Waals surface area contributed by atoms with Crippen molar-refractivity contribution in [1.82, 2.24) is 0 Å². The van der Waals surface area contributed by atoms with Crippen LogP contribution in [0, 0.1) is 0 Å². The van der Waals surface area contributed by atoms with Gasteiger partial charge in [-0.1, -0.05) is 115 Å². The first-order valence-corrected chi connectivity index (χ1v) is 10.9. The Labute approximate surface area is 188 Å². The summed E-state index contributed by atoms with van der Waals surface area (Å²) in [5.74, 6) is 0.324. The highest BCUT2D eigenvalue weighted by atomic mass is 16.3. The third kappa shape index (κ3) is 2.58. The Morgan fingerprint density at radius 3 is 1.69 bits per heavy atom. The lowest BCUT2D eigenvalue weighted by atomic mass is 9.67. The summed E-state index contributed by atoms with van der Waals surface area (Å²) in [5.41, 5.74) is 8.59. The minimum Gasteiger partial charge on any atom is -0.507 e. The van der Waals surface area contributed by atoms with E-state index in [1.54, 1.807) is 6.07 Å². The number of phenolic OH excluding ortho intramolecular Hbond substituents is 1. The molecule has 0 spiro atoms. The number of benzene rings is 5. The van der Waals surface area contributed by atoms with Gasteiger partial charge in [0, 0.05) is 5.56 Å². The van der Waals surface area contributed by atoms with Crippen molar-refractivity contribution in [2.75, 3.05) is 0 Å². The van der Waals surface area contributed by atoms with Gasteiger partial charge in [0.25, 0.3) is 0 Å². The Kier molecular flexibility index (Phi) is 4.22. The fourth-order valence-corrected chi connectivity index (χ4v) is 5.33. The number of fused-ring (bicyclic) bond motifs is 3. The topological polar surface area (TPSA) is 20.2 Å². The van der Waals surface area contributed by atoms with Gasteiger partial charge in [0.2, 0.25) is 0 Å². The van der Waals surface area contributed by atoms with E-state index >= 15 is 0 Å². The van der Waals surface area contributed by atoms with Crippen LogP contribution in [0.5, 0.6) is 5.75 Å². The molecule has 1 aliphatic rings. The lowest BCUT2D eigenvalue weighted by Gasteiger charge is -2.34. The van der Waals surface area contributed by atoms with Gasteiger partial charge in [0.1, 0.15) is 5.75 Å². The molecule has 1 heteroatoms. The average Bonchev–Trinajstić information content (AvgIpc) is 3.17. The van der Waals surface area contributed by atoms with Gasteiger partial charge in [-0.15, -0.1) is 0 Å². The minimum atomic E-state index is -0.503. The normalized spacial score (nSPS) is 13.4. The Hall–Kier alpha value is -4.10. The molecule has 0 fully saturated rings. The third-order valence-corrected chi connectivity index (χ3v) is 6.66. The summed E-state index contributed by atoms with van der Waals surface area (Å²) in [7, 11) is 0.